The Bertz CT molecular complexity index is 326. The lowest BCUT2D eigenvalue weighted by Crippen LogP contribution is -2.50. The normalized spacial score (nSPS) is 26.2. The summed E-state index contributed by atoms with van der Waals surface area (Å²) >= 11 is 5.02. The van der Waals surface area contributed by atoms with E-state index in [0.29, 0.717) is 16.8 Å². The summed E-state index contributed by atoms with van der Waals surface area (Å²) in [6.45, 7) is 5.64. The fraction of sp³-hybridized carbons (Fsp3) is 0.846. The van der Waals surface area contributed by atoms with Gasteiger partial charge in [0.1, 0.15) is 0 Å². The highest BCUT2D eigenvalue weighted by molar-refractivity contribution is 7.80. The molecule has 4 nitrogen and oxygen atoms in total. The molecule has 0 aliphatic carbocycles. The van der Waals surface area contributed by atoms with Crippen LogP contribution in [0.1, 0.15) is 32.6 Å². The molecule has 5 heteroatoms. The topological polar surface area (TPSA) is 49.6 Å². The largest absolute Gasteiger partial charge is 0.393 e. The van der Waals surface area contributed by atoms with Crippen molar-refractivity contribution in [3.8, 4) is 0 Å². The summed E-state index contributed by atoms with van der Waals surface area (Å²) in [6.07, 6.45) is 4.22. The Morgan fingerprint density at radius 3 is 2.39 bits per heavy atom. The Morgan fingerprint density at radius 2 is 1.83 bits per heavy atom. The second-order valence-electron chi connectivity index (χ2n) is 5.64. The molecule has 0 bridgehead atoms. The van der Waals surface area contributed by atoms with Crippen LogP contribution >= 0.6 is 12.2 Å². The van der Waals surface area contributed by atoms with Crippen molar-refractivity contribution in [2.75, 3.05) is 26.2 Å². The van der Waals surface area contributed by atoms with Gasteiger partial charge in [-0.15, -0.1) is 0 Å². The van der Waals surface area contributed by atoms with Crippen LogP contribution in [0, 0.1) is 11.8 Å². The molecule has 0 aromatic heterocycles. The van der Waals surface area contributed by atoms with Crippen molar-refractivity contribution in [2.45, 2.75) is 32.6 Å². The van der Waals surface area contributed by atoms with Crippen LogP contribution in [0.3, 0.4) is 0 Å². The lowest BCUT2D eigenvalue weighted by atomic mass is 9.97. The first-order chi connectivity index (χ1) is 8.58. The Morgan fingerprint density at radius 1 is 1.17 bits per heavy atom. The van der Waals surface area contributed by atoms with Crippen LogP contribution in [0.2, 0.25) is 0 Å². The van der Waals surface area contributed by atoms with Crippen molar-refractivity contribution in [1.29, 1.82) is 0 Å². The average Bonchev–Trinajstić information content (AvgIpc) is 2.38. The number of carbonyl (C=O) groups excluding carboxylic acids is 1. The van der Waals surface area contributed by atoms with Crippen molar-refractivity contribution < 1.29 is 4.79 Å². The van der Waals surface area contributed by atoms with Gasteiger partial charge in [-0.05, 0) is 31.6 Å². The van der Waals surface area contributed by atoms with Crippen LogP contribution in [0.15, 0.2) is 0 Å². The number of nitrogens with zero attached hydrogens (tertiary/aromatic N) is 2. The summed E-state index contributed by atoms with van der Waals surface area (Å²) in [7, 11) is 0. The summed E-state index contributed by atoms with van der Waals surface area (Å²) in [5.74, 6) is 0.959. The van der Waals surface area contributed by atoms with Gasteiger partial charge < -0.3 is 15.5 Å². The van der Waals surface area contributed by atoms with E-state index in [1.165, 1.54) is 6.42 Å². The van der Waals surface area contributed by atoms with Crippen LogP contribution in [-0.2, 0) is 0 Å². The molecule has 2 fully saturated rings. The maximum atomic E-state index is 12.4. The molecule has 1 atom stereocenters. The summed E-state index contributed by atoms with van der Waals surface area (Å²) < 4.78 is 0. The minimum absolute atomic E-state index is 0.211. The number of likely N-dealkylation sites (tertiary alicyclic amines) is 2. The van der Waals surface area contributed by atoms with Gasteiger partial charge in [0, 0.05) is 32.1 Å². The van der Waals surface area contributed by atoms with Gasteiger partial charge in [0.05, 0.1) is 4.99 Å². The molecule has 2 saturated heterocycles. The number of nitrogens with two attached hydrogens (primary N) is 1. The zero-order chi connectivity index (χ0) is 13.1. The minimum atomic E-state index is 0.211. The molecule has 2 heterocycles. The molecule has 2 amide bonds. The Labute approximate surface area is 114 Å². The number of hydrogen-bond acceptors (Lipinski definition) is 2. The summed E-state index contributed by atoms with van der Waals surface area (Å²) in [5.41, 5.74) is 5.67. The number of carbonyl (C=O) groups is 1. The SMILES string of the molecule is CC1CCCN(C(=O)N2CCC(C(N)=S)CC2)C1. The monoisotopic (exact) mass is 269 g/mol. The second kappa shape index (κ2) is 5.87. The summed E-state index contributed by atoms with van der Waals surface area (Å²) in [4.78, 5) is 16.9. The average molecular weight is 269 g/mol. The predicted octanol–water partition coefficient (Wildman–Crippen LogP) is 1.84. The lowest BCUT2D eigenvalue weighted by Gasteiger charge is -2.38. The standard InChI is InChI=1S/C13H23N3OS/c1-10-3-2-6-16(9-10)13(17)15-7-4-11(5-8-15)12(14)18/h10-11H,2-9H2,1H3,(H2,14,18). The van der Waals surface area contributed by atoms with Crippen molar-refractivity contribution in [3.05, 3.63) is 0 Å². The molecule has 2 aliphatic heterocycles. The summed E-state index contributed by atoms with van der Waals surface area (Å²) in [5, 5.41) is 0. The van der Waals surface area contributed by atoms with Crippen LogP contribution < -0.4 is 5.73 Å². The zero-order valence-electron chi connectivity index (χ0n) is 11.1. The minimum Gasteiger partial charge on any atom is -0.393 e. The number of hydrogen-bond donors (Lipinski definition) is 1. The van der Waals surface area contributed by atoms with Crippen molar-refractivity contribution >= 4 is 23.2 Å². The van der Waals surface area contributed by atoms with Gasteiger partial charge in [0.25, 0.3) is 0 Å². The quantitative estimate of drug-likeness (QED) is 0.739. The van der Waals surface area contributed by atoms with Crippen molar-refractivity contribution in [2.24, 2.45) is 17.6 Å². The van der Waals surface area contributed by atoms with Gasteiger partial charge in [-0.25, -0.2) is 4.79 Å². The molecule has 0 radical (unpaired) electrons. The highest BCUT2D eigenvalue weighted by Crippen LogP contribution is 2.21. The Balaban J connectivity index is 1.85. The van der Waals surface area contributed by atoms with Gasteiger partial charge >= 0.3 is 6.03 Å². The van der Waals surface area contributed by atoms with Crippen LogP contribution in [0.25, 0.3) is 0 Å². The number of thiocarbonyl (C=S) groups is 1. The number of rotatable bonds is 1. The molecule has 2 N–H and O–H groups in total. The first kappa shape index (κ1) is 13.6. The van der Waals surface area contributed by atoms with Gasteiger partial charge in [-0.3, -0.25) is 0 Å². The molecule has 2 rings (SSSR count). The first-order valence-corrected chi connectivity index (χ1v) is 7.32. The van der Waals surface area contributed by atoms with E-state index in [4.69, 9.17) is 18.0 Å². The smallest absolute Gasteiger partial charge is 0.320 e. The van der Waals surface area contributed by atoms with E-state index in [1.54, 1.807) is 0 Å². The van der Waals surface area contributed by atoms with E-state index in [-0.39, 0.29) is 6.03 Å². The second-order valence-corrected chi connectivity index (χ2v) is 6.11. The Hall–Kier alpha value is -0.840. The number of piperidine rings is 2. The molecule has 0 aromatic rings. The van der Waals surface area contributed by atoms with E-state index < -0.39 is 0 Å². The van der Waals surface area contributed by atoms with Crippen LogP contribution in [-0.4, -0.2) is 47.0 Å². The molecule has 0 aromatic carbocycles. The van der Waals surface area contributed by atoms with Gasteiger partial charge in [0.15, 0.2) is 0 Å². The lowest BCUT2D eigenvalue weighted by molar-refractivity contribution is 0.120. The Kier molecular flexibility index (Phi) is 4.43. The molecular formula is C13H23N3OS. The highest BCUT2D eigenvalue weighted by atomic mass is 32.1. The van der Waals surface area contributed by atoms with Gasteiger partial charge in [-0.2, -0.15) is 0 Å². The van der Waals surface area contributed by atoms with E-state index in [1.807, 2.05) is 9.80 Å². The number of amides is 2. The predicted molar refractivity (Wildman–Crippen MR) is 76.4 cm³/mol. The van der Waals surface area contributed by atoms with E-state index in [2.05, 4.69) is 6.92 Å². The molecule has 18 heavy (non-hydrogen) atoms. The van der Waals surface area contributed by atoms with E-state index >= 15 is 0 Å². The fourth-order valence-corrected chi connectivity index (χ4v) is 3.15. The molecule has 102 valence electrons. The third-order valence-corrected chi connectivity index (χ3v) is 4.43. The third kappa shape index (κ3) is 3.13. The first-order valence-electron chi connectivity index (χ1n) is 6.91. The van der Waals surface area contributed by atoms with E-state index in [0.717, 1.165) is 45.4 Å². The fourth-order valence-electron chi connectivity index (χ4n) is 2.92. The zero-order valence-corrected chi connectivity index (χ0v) is 11.9. The molecule has 2 aliphatic rings. The molecular weight excluding hydrogens is 246 g/mol. The van der Waals surface area contributed by atoms with Gasteiger partial charge in [-0.1, -0.05) is 19.1 Å². The number of urea groups is 1. The maximum absolute atomic E-state index is 12.4. The van der Waals surface area contributed by atoms with Crippen LogP contribution in [0.5, 0.6) is 0 Å². The van der Waals surface area contributed by atoms with Crippen LogP contribution in [0.4, 0.5) is 4.79 Å². The molecule has 0 spiro atoms. The van der Waals surface area contributed by atoms with Crippen molar-refractivity contribution in [1.82, 2.24) is 9.80 Å². The highest BCUT2D eigenvalue weighted by Gasteiger charge is 2.29. The molecule has 1 unspecified atom stereocenters. The van der Waals surface area contributed by atoms with E-state index in [9.17, 15) is 4.79 Å². The van der Waals surface area contributed by atoms with Gasteiger partial charge in [0.2, 0.25) is 0 Å². The summed E-state index contributed by atoms with van der Waals surface area (Å²) in [6, 6.07) is 0.211. The molecule has 0 saturated carbocycles. The maximum Gasteiger partial charge on any atom is 0.320 e. The van der Waals surface area contributed by atoms with Crippen molar-refractivity contribution in [3.63, 3.8) is 0 Å². The third-order valence-electron chi connectivity index (χ3n) is 4.10.